The average molecular weight is 247 g/mol. The molecule has 0 saturated heterocycles. The lowest BCUT2D eigenvalue weighted by molar-refractivity contribution is -0.145. The Bertz CT molecular complexity index is 203. The Labute approximate surface area is 103 Å². The van der Waals surface area contributed by atoms with Crippen molar-refractivity contribution in [2.45, 2.75) is 45.6 Å². The Morgan fingerprint density at radius 2 is 2.12 bits per heavy atom. The minimum atomic E-state index is -0.730. The van der Waals surface area contributed by atoms with Crippen LogP contribution < -0.4 is 5.32 Å². The van der Waals surface area contributed by atoms with Crippen LogP contribution in [0.2, 0.25) is 0 Å². The summed E-state index contributed by atoms with van der Waals surface area (Å²) in [6, 6.07) is 0. The number of hydrogen-bond acceptors (Lipinski definition) is 3. The molecule has 0 aliphatic carbocycles. The standard InChI is InChI=1S/C12H25NO2S/c1-5-12(13-4,11(14)15)7-6-8-16-9-10(2)3/h10,13H,5-9H2,1-4H3,(H,14,15). The van der Waals surface area contributed by atoms with Gasteiger partial charge in [-0.3, -0.25) is 4.79 Å². The van der Waals surface area contributed by atoms with E-state index in [1.807, 2.05) is 18.7 Å². The van der Waals surface area contributed by atoms with Gasteiger partial charge in [-0.15, -0.1) is 0 Å². The molecule has 0 spiro atoms. The zero-order valence-electron chi connectivity index (χ0n) is 10.9. The molecule has 1 unspecified atom stereocenters. The topological polar surface area (TPSA) is 49.3 Å². The third-order valence-corrected chi connectivity index (χ3v) is 4.31. The van der Waals surface area contributed by atoms with Crippen LogP contribution in [0, 0.1) is 5.92 Å². The van der Waals surface area contributed by atoms with E-state index in [0.717, 1.165) is 17.9 Å². The number of carboxylic acid groups (broad SMARTS) is 1. The maximum absolute atomic E-state index is 11.2. The first-order valence-corrected chi connectivity index (χ1v) is 7.14. The number of likely N-dealkylation sites (N-methyl/N-ethyl adjacent to an activating group) is 1. The lowest BCUT2D eigenvalue weighted by atomic mass is 9.91. The normalized spacial score (nSPS) is 15.1. The zero-order chi connectivity index (χ0) is 12.6. The van der Waals surface area contributed by atoms with Crippen LogP contribution in [-0.4, -0.2) is 35.2 Å². The monoisotopic (exact) mass is 247 g/mol. The Kier molecular flexibility index (Phi) is 7.85. The highest BCUT2D eigenvalue weighted by Crippen LogP contribution is 2.20. The summed E-state index contributed by atoms with van der Waals surface area (Å²) >= 11 is 1.91. The van der Waals surface area contributed by atoms with Gasteiger partial charge in [0.25, 0.3) is 0 Å². The number of aliphatic carboxylic acids is 1. The van der Waals surface area contributed by atoms with Crippen LogP contribution in [0.1, 0.15) is 40.0 Å². The van der Waals surface area contributed by atoms with Gasteiger partial charge in [0.1, 0.15) is 5.54 Å². The predicted octanol–water partition coefficient (Wildman–Crippen LogP) is 2.61. The molecule has 0 radical (unpaired) electrons. The van der Waals surface area contributed by atoms with Gasteiger partial charge in [0.15, 0.2) is 0 Å². The fraction of sp³-hybridized carbons (Fsp3) is 0.917. The molecule has 2 N–H and O–H groups in total. The van der Waals surface area contributed by atoms with Gasteiger partial charge in [-0.05, 0) is 43.7 Å². The van der Waals surface area contributed by atoms with E-state index in [4.69, 9.17) is 0 Å². The second-order valence-electron chi connectivity index (χ2n) is 4.56. The summed E-state index contributed by atoms with van der Waals surface area (Å²) in [5.41, 5.74) is -0.724. The van der Waals surface area contributed by atoms with Crippen LogP contribution in [-0.2, 0) is 4.79 Å². The van der Waals surface area contributed by atoms with E-state index in [1.54, 1.807) is 7.05 Å². The van der Waals surface area contributed by atoms with Gasteiger partial charge >= 0.3 is 5.97 Å². The number of rotatable bonds is 9. The van der Waals surface area contributed by atoms with Crippen molar-refractivity contribution in [1.29, 1.82) is 0 Å². The highest BCUT2D eigenvalue weighted by Gasteiger charge is 2.33. The minimum absolute atomic E-state index is 0.633. The molecule has 0 heterocycles. The summed E-state index contributed by atoms with van der Waals surface area (Å²) in [5.74, 6) is 2.19. The van der Waals surface area contributed by atoms with Crippen LogP contribution in [0.3, 0.4) is 0 Å². The molecule has 0 rings (SSSR count). The molecule has 0 aromatic heterocycles. The van der Waals surface area contributed by atoms with Crippen LogP contribution in [0.25, 0.3) is 0 Å². The molecule has 0 aliphatic heterocycles. The fourth-order valence-corrected chi connectivity index (χ4v) is 2.63. The summed E-state index contributed by atoms with van der Waals surface area (Å²) in [6.07, 6.45) is 2.30. The molecule has 0 aromatic carbocycles. The number of carbonyl (C=O) groups is 1. The molecule has 0 fully saturated rings. The van der Waals surface area contributed by atoms with E-state index in [9.17, 15) is 9.90 Å². The Balaban J connectivity index is 3.90. The van der Waals surface area contributed by atoms with Crippen LogP contribution in [0.5, 0.6) is 0 Å². The van der Waals surface area contributed by atoms with Gasteiger partial charge in [0.05, 0.1) is 0 Å². The number of hydrogen-bond donors (Lipinski definition) is 2. The zero-order valence-corrected chi connectivity index (χ0v) is 11.7. The van der Waals surface area contributed by atoms with E-state index < -0.39 is 11.5 Å². The van der Waals surface area contributed by atoms with E-state index in [2.05, 4.69) is 19.2 Å². The molecule has 0 bridgehead atoms. The number of carboxylic acids is 1. The van der Waals surface area contributed by atoms with Crippen molar-refractivity contribution >= 4 is 17.7 Å². The summed E-state index contributed by atoms with van der Waals surface area (Å²) in [6.45, 7) is 6.33. The van der Waals surface area contributed by atoms with Crippen molar-refractivity contribution < 1.29 is 9.90 Å². The van der Waals surface area contributed by atoms with Crippen LogP contribution >= 0.6 is 11.8 Å². The quantitative estimate of drug-likeness (QED) is 0.615. The predicted molar refractivity (Wildman–Crippen MR) is 71.1 cm³/mol. The first kappa shape index (κ1) is 15.8. The van der Waals surface area contributed by atoms with Gasteiger partial charge in [-0.2, -0.15) is 11.8 Å². The summed E-state index contributed by atoms with van der Waals surface area (Å²) < 4.78 is 0. The highest BCUT2D eigenvalue weighted by atomic mass is 32.2. The highest BCUT2D eigenvalue weighted by molar-refractivity contribution is 7.99. The maximum atomic E-state index is 11.2. The third kappa shape index (κ3) is 5.21. The summed E-state index contributed by atoms with van der Waals surface area (Å²) in [5, 5.41) is 12.2. The Morgan fingerprint density at radius 3 is 2.50 bits per heavy atom. The lowest BCUT2D eigenvalue weighted by Crippen LogP contribution is -2.49. The molecule has 3 nitrogen and oxygen atoms in total. The van der Waals surface area contributed by atoms with Gasteiger partial charge in [-0.1, -0.05) is 20.8 Å². The Morgan fingerprint density at radius 1 is 1.50 bits per heavy atom. The Hall–Kier alpha value is -0.220. The van der Waals surface area contributed by atoms with Gasteiger partial charge in [-0.25, -0.2) is 0 Å². The van der Waals surface area contributed by atoms with Crippen molar-refractivity contribution in [3.05, 3.63) is 0 Å². The second kappa shape index (κ2) is 7.96. The number of nitrogens with one attached hydrogen (secondary N) is 1. The van der Waals surface area contributed by atoms with E-state index in [0.29, 0.717) is 18.8 Å². The van der Waals surface area contributed by atoms with Crippen molar-refractivity contribution in [2.24, 2.45) is 5.92 Å². The molecule has 4 heteroatoms. The van der Waals surface area contributed by atoms with Gasteiger partial charge < -0.3 is 10.4 Å². The first-order valence-electron chi connectivity index (χ1n) is 5.98. The maximum Gasteiger partial charge on any atom is 0.323 e. The summed E-state index contributed by atoms with van der Waals surface area (Å²) in [7, 11) is 1.73. The van der Waals surface area contributed by atoms with Crippen molar-refractivity contribution in [2.75, 3.05) is 18.6 Å². The van der Waals surface area contributed by atoms with Crippen molar-refractivity contribution in [1.82, 2.24) is 5.32 Å². The molecular formula is C12H25NO2S. The van der Waals surface area contributed by atoms with Crippen molar-refractivity contribution in [3.63, 3.8) is 0 Å². The fourth-order valence-electron chi connectivity index (χ4n) is 1.64. The van der Waals surface area contributed by atoms with E-state index >= 15 is 0 Å². The van der Waals surface area contributed by atoms with Crippen LogP contribution in [0.4, 0.5) is 0 Å². The molecule has 0 aliphatic rings. The second-order valence-corrected chi connectivity index (χ2v) is 5.71. The van der Waals surface area contributed by atoms with E-state index in [1.165, 1.54) is 0 Å². The molecule has 1 atom stereocenters. The SMILES string of the molecule is CCC(CCCSCC(C)C)(NC)C(=O)O. The number of thioether (sulfide) groups is 1. The van der Waals surface area contributed by atoms with Crippen LogP contribution in [0.15, 0.2) is 0 Å². The molecule has 96 valence electrons. The van der Waals surface area contributed by atoms with E-state index in [-0.39, 0.29) is 0 Å². The minimum Gasteiger partial charge on any atom is -0.480 e. The summed E-state index contributed by atoms with van der Waals surface area (Å²) in [4.78, 5) is 11.2. The van der Waals surface area contributed by atoms with Gasteiger partial charge in [0.2, 0.25) is 0 Å². The first-order chi connectivity index (χ1) is 7.48. The smallest absolute Gasteiger partial charge is 0.323 e. The molecule has 0 saturated carbocycles. The van der Waals surface area contributed by atoms with Gasteiger partial charge in [0, 0.05) is 0 Å². The average Bonchev–Trinajstić information content (AvgIpc) is 2.23. The van der Waals surface area contributed by atoms with Crippen molar-refractivity contribution in [3.8, 4) is 0 Å². The molecular weight excluding hydrogens is 222 g/mol. The molecule has 16 heavy (non-hydrogen) atoms. The molecule has 0 aromatic rings. The third-order valence-electron chi connectivity index (χ3n) is 2.83. The lowest BCUT2D eigenvalue weighted by Gasteiger charge is -2.27. The largest absolute Gasteiger partial charge is 0.480 e. The molecule has 0 amide bonds.